The summed E-state index contributed by atoms with van der Waals surface area (Å²) < 4.78 is 1.59. The topological polar surface area (TPSA) is 63.5 Å². The molecule has 0 fully saturated rings. The Morgan fingerprint density at radius 1 is 1.44 bits per heavy atom. The molecule has 3 aromatic rings. The zero-order valence-corrected chi connectivity index (χ0v) is 16.0. The largest absolute Gasteiger partial charge is 0.324 e. The maximum absolute atomic E-state index is 12.3. The smallest absolute Gasteiger partial charge is 0.258 e. The molecule has 1 N–H and O–H groups in total. The molecule has 2 heterocycles. The van der Waals surface area contributed by atoms with Gasteiger partial charge in [0.1, 0.15) is 0 Å². The highest BCUT2D eigenvalue weighted by Gasteiger charge is 2.16. The summed E-state index contributed by atoms with van der Waals surface area (Å²) in [6.45, 7) is 3.69. The summed E-state index contributed by atoms with van der Waals surface area (Å²) in [5.74, 6) is 0.350. The van der Waals surface area contributed by atoms with E-state index in [1.807, 2.05) is 31.4 Å². The number of rotatable bonds is 5. The van der Waals surface area contributed by atoms with Crippen LogP contribution in [0.2, 0.25) is 5.02 Å². The van der Waals surface area contributed by atoms with E-state index in [4.69, 9.17) is 11.6 Å². The summed E-state index contributed by atoms with van der Waals surface area (Å²) in [4.78, 5) is 29.6. The molecular formula is C17H16ClN3O2S2. The average Bonchev–Trinajstić information content (AvgIpc) is 2.96. The van der Waals surface area contributed by atoms with Gasteiger partial charge in [-0.15, -0.1) is 23.1 Å². The van der Waals surface area contributed by atoms with Gasteiger partial charge in [0.25, 0.3) is 5.56 Å². The number of nitrogens with one attached hydrogen (secondary N) is 1. The Balaban J connectivity index is 1.66. The van der Waals surface area contributed by atoms with E-state index >= 15 is 0 Å². The Kier molecular flexibility index (Phi) is 5.46. The Morgan fingerprint density at radius 3 is 2.96 bits per heavy atom. The summed E-state index contributed by atoms with van der Waals surface area (Å²) in [6.07, 6.45) is 0. The second-order valence-electron chi connectivity index (χ2n) is 5.50. The van der Waals surface area contributed by atoms with E-state index in [0.717, 1.165) is 5.69 Å². The third-order valence-corrected chi connectivity index (χ3v) is 6.06. The fourth-order valence-electron chi connectivity index (χ4n) is 2.26. The van der Waals surface area contributed by atoms with Crippen LogP contribution in [-0.2, 0) is 10.5 Å². The summed E-state index contributed by atoms with van der Waals surface area (Å²) in [6, 6.07) is 8.63. The summed E-state index contributed by atoms with van der Waals surface area (Å²) >= 11 is 8.91. The van der Waals surface area contributed by atoms with Crippen LogP contribution in [0.25, 0.3) is 4.96 Å². The Bertz CT molecular complexity index is 983. The molecule has 0 bridgehead atoms. The first-order chi connectivity index (χ1) is 12.0. The molecule has 25 heavy (non-hydrogen) atoms. The SMILES string of the molecule is Cc1csc2nc(CSC(C)C(=O)Nc3ccccc3Cl)cc(=O)n12. The zero-order valence-electron chi connectivity index (χ0n) is 13.7. The summed E-state index contributed by atoms with van der Waals surface area (Å²) in [7, 11) is 0. The van der Waals surface area contributed by atoms with Gasteiger partial charge in [-0.2, -0.15) is 0 Å². The van der Waals surface area contributed by atoms with Crippen LogP contribution in [0, 0.1) is 6.92 Å². The van der Waals surface area contributed by atoms with Gasteiger partial charge >= 0.3 is 0 Å². The second-order valence-corrected chi connectivity index (χ2v) is 8.08. The third kappa shape index (κ3) is 4.05. The second kappa shape index (κ2) is 7.59. The van der Waals surface area contributed by atoms with Gasteiger partial charge in [-0.25, -0.2) is 4.98 Å². The zero-order chi connectivity index (χ0) is 18.0. The number of para-hydroxylation sites is 1. The van der Waals surface area contributed by atoms with Gasteiger partial charge in [0.15, 0.2) is 4.96 Å². The van der Waals surface area contributed by atoms with Crippen molar-refractivity contribution in [2.24, 2.45) is 0 Å². The molecule has 3 rings (SSSR count). The van der Waals surface area contributed by atoms with Crippen molar-refractivity contribution in [1.82, 2.24) is 9.38 Å². The molecule has 1 atom stereocenters. The van der Waals surface area contributed by atoms with Crippen LogP contribution in [0.4, 0.5) is 5.69 Å². The first-order valence-corrected chi connectivity index (χ1v) is 9.90. The highest BCUT2D eigenvalue weighted by Crippen LogP contribution is 2.23. The lowest BCUT2D eigenvalue weighted by Crippen LogP contribution is -2.23. The minimum atomic E-state index is -0.304. The Hall–Kier alpha value is -1.83. The maximum atomic E-state index is 12.3. The van der Waals surface area contributed by atoms with Crippen molar-refractivity contribution in [1.29, 1.82) is 0 Å². The molecule has 8 heteroatoms. The van der Waals surface area contributed by atoms with Crippen LogP contribution in [-0.4, -0.2) is 20.5 Å². The van der Waals surface area contributed by atoms with Gasteiger partial charge in [0.05, 0.1) is 21.7 Å². The number of amides is 1. The number of anilines is 1. The molecule has 0 saturated carbocycles. The number of hydrogen-bond donors (Lipinski definition) is 1. The van der Waals surface area contributed by atoms with Crippen molar-refractivity contribution >= 4 is 51.3 Å². The number of carbonyl (C=O) groups excluding carboxylic acids is 1. The molecule has 1 aromatic carbocycles. The summed E-state index contributed by atoms with van der Waals surface area (Å²) in [5, 5.41) is 4.91. The van der Waals surface area contributed by atoms with Gasteiger partial charge in [-0.3, -0.25) is 14.0 Å². The Morgan fingerprint density at radius 2 is 2.20 bits per heavy atom. The van der Waals surface area contributed by atoms with Crippen LogP contribution in [0.3, 0.4) is 0 Å². The van der Waals surface area contributed by atoms with Crippen molar-refractivity contribution in [2.75, 3.05) is 5.32 Å². The number of benzene rings is 1. The van der Waals surface area contributed by atoms with E-state index < -0.39 is 0 Å². The van der Waals surface area contributed by atoms with Gasteiger partial charge in [0, 0.05) is 22.9 Å². The van der Waals surface area contributed by atoms with Crippen LogP contribution in [0.15, 0.2) is 40.5 Å². The van der Waals surface area contributed by atoms with Gasteiger partial charge in [-0.05, 0) is 26.0 Å². The molecule has 0 aliphatic carbocycles. The minimum absolute atomic E-state index is 0.0903. The monoisotopic (exact) mass is 393 g/mol. The molecule has 2 aromatic heterocycles. The van der Waals surface area contributed by atoms with Crippen molar-refractivity contribution in [2.45, 2.75) is 24.9 Å². The third-order valence-electron chi connectivity index (χ3n) is 3.61. The van der Waals surface area contributed by atoms with E-state index in [1.54, 1.807) is 16.5 Å². The standard InChI is InChI=1S/C17H16ClN3O2S2/c1-10-8-25-17-19-12(7-15(22)21(10)17)9-24-11(2)16(23)20-14-6-4-3-5-13(14)18/h3-8,11H,9H2,1-2H3,(H,20,23). The van der Waals surface area contributed by atoms with Crippen molar-refractivity contribution < 1.29 is 4.79 Å². The van der Waals surface area contributed by atoms with Crippen molar-refractivity contribution in [3.8, 4) is 0 Å². The lowest BCUT2D eigenvalue weighted by molar-refractivity contribution is -0.115. The number of halogens is 1. The molecule has 1 amide bonds. The molecule has 1 unspecified atom stereocenters. The molecule has 0 aliphatic heterocycles. The summed E-state index contributed by atoms with van der Waals surface area (Å²) in [5.41, 5.74) is 2.06. The van der Waals surface area contributed by atoms with Crippen LogP contribution >= 0.6 is 34.7 Å². The first-order valence-electron chi connectivity index (χ1n) is 7.59. The van der Waals surface area contributed by atoms with Crippen LogP contribution in [0.5, 0.6) is 0 Å². The predicted octanol–water partition coefficient (Wildman–Crippen LogP) is 3.98. The molecule has 0 saturated heterocycles. The normalized spacial score (nSPS) is 12.3. The molecule has 5 nitrogen and oxygen atoms in total. The molecule has 0 aliphatic rings. The number of hydrogen-bond acceptors (Lipinski definition) is 5. The highest BCUT2D eigenvalue weighted by atomic mass is 35.5. The average molecular weight is 394 g/mol. The maximum Gasteiger partial charge on any atom is 0.258 e. The van der Waals surface area contributed by atoms with E-state index in [0.29, 0.717) is 27.1 Å². The first kappa shape index (κ1) is 18.0. The predicted molar refractivity (Wildman–Crippen MR) is 105 cm³/mol. The number of aromatic nitrogens is 2. The van der Waals surface area contributed by atoms with Crippen molar-refractivity contribution in [3.63, 3.8) is 0 Å². The van der Waals surface area contributed by atoms with E-state index in [2.05, 4.69) is 10.3 Å². The Labute approximate surface area is 158 Å². The number of thioether (sulfide) groups is 1. The van der Waals surface area contributed by atoms with E-state index in [1.165, 1.54) is 29.2 Å². The van der Waals surface area contributed by atoms with E-state index in [9.17, 15) is 9.59 Å². The van der Waals surface area contributed by atoms with Gasteiger partial charge < -0.3 is 5.32 Å². The number of fused-ring (bicyclic) bond motifs is 1. The lowest BCUT2D eigenvalue weighted by atomic mass is 10.3. The van der Waals surface area contributed by atoms with Gasteiger partial charge in [-0.1, -0.05) is 23.7 Å². The molecular weight excluding hydrogens is 378 g/mol. The fourth-order valence-corrected chi connectivity index (χ4v) is 4.11. The quantitative estimate of drug-likeness (QED) is 0.712. The van der Waals surface area contributed by atoms with Gasteiger partial charge in [0.2, 0.25) is 5.91 Å². The molecule has 130 valence electrons. The molecule has 0 radical (unpaired) electrons. The minimum Gasteiger partial charge on any atom is -0.324 e. The highest BCUT2D eigenvalue weighted by molar-refractivity contribution is 7.99. The number of thiazole rings is 1. The van der Waals surface area contributed by atoms with E-state index in [-0.39, 0.29) is 16.7 Å². The fraction of sp³-hybridized carbons (Fsp3) is 0.235. The number of carbonyl (C=O) groups is 1. The van der Waals surface area contributed by atoms with Crippen LogP contribution < -0.4 is 10.9 Å². The number of nitrogens with zero attached hydrogens (tertiary/aromatic N) is 2. The number of aryl methyl sites for hydroxylation is 1. The van der Waals surface area contributed by atoms with Crippen LogP contribution in [0.1, 0.15) is 18.3 Å². The molecule has 0 spiro atoms. The lowest BCUT2D eigenvalue weighted by Gasteiger charge is -2.12. The van der Waals surface area contributed by atoms with Crippen molar-refractivity contribution in [3.05, 3.63) is 62.5 Å².